The van der Waals surface area contributed by atoms with Gasteiger partial charge >= 0.3 is 5.97 Å². The van der Waals surface area contributed by atoms with Crippen LogP contribution in [-0.4, -0.2) is 19.1 Å². The van der Waals surface area contributed by atoms with Crippen LogP contribution in [0.3, 0.4) is 0 Å². The minimum atomic E-state index is -0.411. The van der Waals surface area contributed by atoms with E-state index < -0.39 is 5.97 Å². The first kappa shape index (κ1) is 13.5. The second-order valence-electron chi connectivity index (χ2n) is 5.28. The third-order valence-electron chi connectivity index (χ3n) is 3.92. The molecule has 0 spiro atoms. The summed E-state index contributed by atoms with van der Waals surface area (Å²) in [6.07, 6.45) is 1.94. The molecule has 21 heavy (non-hydrogen) atoms. The standard InChI is InChI=1S/C17H18N2O2/c1-21-17(20)14-7-4-8-15(16(14)18)19-13-9-11-5-2-3-6-12(11)10-13/h2-8,13,19H,9-10,18H2,1H3. The molecule has 2 aromatic rings. The van der Waals surface area contributed by atoms with Crippen LogP contribution in [0.2, 0.25) is 0 Å². The van der Waals surface area contributed by atoms with Crippen LogP contribution in [0, 0.1) is 0 Å². The van der Waals surface area contributed by atoms with Crippen LogP contribution in [0.5, 0.6) is 0 Å². The van der Waals surface area contributed by atoms with Crippen molar-refractivity contribution < 1.29 is 9.53 Å². The molecule has 0 fully saturated rings. The maximum atomic E-state index is 11.7. The van der Waals surface area contributed by atoms with E-state index in [1.165, 1.54) is 18.2 Å². The van der Waals surface area contributed by atoms with E-state index in [0.717, 1.165) is 18.5 Å². The molecule has 2 aromatic carbocycles. The number of anilines is 2. The average molecular weight is 282 g/mol. The number of fused-ring (bicyclic) bond motifs is 1. The zero-order chi connectivity index (χ0) is 14.8. The fraction of sp³-hybridized carbons (Fsp3) is 0.235. The molecule has 3 N–H and O–H groups in total. The maximum absolute atomic E-state index is 11.7. The molecule has 4 heteroatoms. The smallest absolute Gasteiger partial charge is 0.340 e. The van der Waals surface area contributed by atoms with Gasteiger partial charge in [0.25, 0.3) is 0 Å². The number of esters is 1. The van der Waals surface area contributed by atoms with Crippen LogP contribution < -0.4 is 11.1 Å². The molecule has 0 aromatic heterocycles. The highest BCUT2D eigenvalue weighted by Crippen LogP contribution is 2.28. The second kappa shape index (κ2) is 5.48. The number of rotatable bonds is 3. The lowest BCUT2D eigenvalue weighted by molar-refractivity contribution is 0.0602. The predicted molar refractivity (Wildman–Crippen MR) is 83.5 cm³/mol. The molecule has 0 bridgehead atoms. The van der Waals surface area contributed by atoms with Crippen molar-refractivity contribution in [3.63, 3.8) is 0 Å². The van der Waals surface area contributed by atoms with Crippen molar-refractivity contribution in [1.29, 1.82) is 0 Å². The average Bonchev–Trinajstić information content (AvgIpc) is 2.91. The molecule has 0 aliphatic heterocycles. The van der Waals surface area contributed by atoms with E-state index in [-0.39, 0.29) is 0 Å². The Bertz CT molecular complexity index is 657. The molecular weight excluding hydrogens is 264 g/mol. The summed E-state index contributed by atoms with van der Waals surface area (Å²) < 4.78 is 4.75. The molecule has 0 amide bonds. The van der Waals surface area contributed by atoms with Gasteiger partial charge < -0.3 is 15.8 Å². The van der Waals surface area contributed by atoms with Gasteiger partial charge in [-0.05, 0) is 36.1 Å². The van der Waals surface area contributed by atoms with Gasteiger partial charge in [0.05, 0.1) is 24.0 Å². The van der Waals surface area contributed by atoms with Gasteiger partial charge in [-0.1, -0.05) is 30.3 Å². The Kier molecular flexibility index (Phi) is 3.52. The Labute approximate surface area is 123 Å². The zero-order valence-electron chi connectivity index (χ0n) is 11.9. The number of ether oxygens (including phenoxy) is 1. The fourth-order valence-corrected chi connectivity index (χ4v) is 2.86. The fourth-order valence-electron chi connectivity index (χ4n) is 2.86. The number of benzene rings is 2. The first-order chi connectivity index (χ1) is 10.2. The molecule has 3 rings (SSSR count). The van der Waals surface area contributed by atoms with Gasteiger partial charge in [-0.2, -0.15) is 0 Å². The number of nitrogens with one attached hydrogen (secondary N) is 1. The third kappa shape index (κ3) is 2.57. The molecule has 0 atom stereocenters. The summed E-state index contributed by atoms with van der Waals surface area (Å²) in [4.78, 5) is 11.7. The van der Waals surface area contributed by atoms with Crippen LogP contribution in [-0.2, 0) is 17.6 Å². The molecular formula is C17H18N2O2. The van der Waals surface area contributed by atoms with Crippen LogP contribution >= 0.6 is 0 Å². The third-order valence-corrected chi connectivity index (χ3v) is 3.92. The van der Waals surface area contributed by atoms with Crippen molar-refractivity contribution in [3.05, 3.63) is 59.2 Å². The molecule has 0 heterocycles. The monoisotopic (exact) mass is 282 g/mol. The van der Waals surface area contributed by atoms with Gasteiger partial charge in [0.2, 0.25) is 0 Å². The van der Waals surface area contributed by atoms with E-state index in [0.29, 0.717) is 17.3 Å². The first-order valence-electron chi connectivity index (χ1n) is 6.99. The Hall–Kier alpha value is -2.49. The van der Waals surface area contributed by atoms with E-state index in [4.69, 9.17) is 10.5 Å². The molecule has 0 radical (unpaired) electrons. The summed E-state index contributed by atoms with van der Waals surface area (Å²) in [6.45, 7) is 0. The Morgan fingerprint density at radius 1 is 1.14 bits per heavy atom. The Balaban J connectivity index is 1.79. The number of carbonyl (C=O) groups is 1. The van der Waals surface area contributed by atoms with Crippen molar-refractivity contribution in [2.24, 2.45) is 0 Å². The normalized spacial score (nSPS) is 13.8. The molecule has 4 nitrogen and oxygen atoms in total. The van der Waals surface area contributed by atoms with Crippen LogP contribution in [0.15, 0.2) is 42.5 Å². The van der Waals surface area contributed by atoms with Gasteiger partial charge in [0.1, 0.15) is 0 Å². The number of carbonyl (C=O) groups excluding carboxylic acids is 1. The number of hydrogen-bond donors (Lipinski definition) is 2. The minimum absolute atomic E-state index is 0.303. The van der Waals surface area contributed by atoms with E-state index in [2.05, 4.69) is 29.6 Å². The van der Waals surface area contributed by atoms with Gasteiger partial charge in [-0.15, -0.1) is 0 Å². The lowest BCUT2D eigenvalue weighted by atomic mass is 10.1. The van der Waals surface area contributed by atoms with E-state index in [1.54, 1.807) is 6.07 Å². The molecule has 0 saturated carbocycles. The summed E-state index contributed by atoms with van der Waals surface area (Å²) in [5.41, 5.74) is 10.5. The number of nitrogens with two attached hydrogens (primary N) is 1. The quantitative estimate of drug-likeness (QED) is 0.671. The molecule has 1 aliphatic rings. The van der Waals surface area contributed by atoms with Crippen molar-refractivity contribution in [2.75, 3.05) is 18.2 Å². The summed E-state index contributed by atoms with van der Waals surface area (Å²) >= 11 is 0. The van der Waals surface area contributed by atoms with Gasteiger partial charge in [-0.3, -0.25) is 0 Å². The largest absolute Gasteiger partial charge is 0.465 e. The summed E-state index contributed by atoms with van der Waals surface area (Å²) in [7, 11) is 1.36. The van der Waals surface area contributed by atoms with Crippen LogP contribution in [0.25, 0.3) is 0 Å². The van der Waals surface area contributed by atoms with Crippen LogP contribution in [0.1, 0.15) is 21.5 Å². The second-order valence-corrected chi connectivity index (χ2v) is 5.28. The summed E-state index contributed by atoms with van der Waals surface area (Å²) in [6, 6.07) is 14.1. The van der Waals surface area contributed by atoms with Crippen molar-refractivity contribution in [2.45, 2.75) is 18.9 Å². The van der Waals surface area contributed by atoms with Crippen molar-refractivity contribution in [1.82, 2.24) is 0 Å². The minimum Gasteiger partial charge on any atom is -0.465 e. The van der Waals surface area contributed by atoms with E-state index in [1.807, 2.05) is 12.1 Å². The number of para-hydroxylation sites is 1. The summed E-state index contributed by atoms with van der Waals surface area (Å²) in [5.74, 6) is -0.411. The lowest BCUT2D eigenvalue weighted by Crippen LogP contribution is -2.21. The van der Waals surface area contributed by atoms with E-state index >= 15 is 0 Å². The van der Waals surface area contributed by atoms with Gasteiger partial charge in [0.15, 0.2) is 0 Å². The molecule has 1 aliphatic carbocycles. The predicted octanol–water partition coefficient (Wildman–Crippen LogP) is 2.63. The van der Waals surface area contributed by atoms with Gasteiger partial charge in [0, 0.05) is 6.04 Å². The maximum Gasteiger partial charge on any atom is 0.340 e. The molecule has 108 valence electrons. The number of nitrogen functional groups attached to an aromatic ring is 1. The highest BCUT2D eigenvalue weighted by molar-refractivity contribution is 5.98. The number of hydrogen-bond acceptors (Lipinski definition) is 4. The molecule has 0 unspecified atom stereocenters. The van der Waals surface area contributed by atoms with E-state index in [9.17, 15) is 4.79 Å². The van der Waals surface area contributed by atoms with Crippen molar-refractivity contribution >= 4 is 17.3 Å². The topological polar surface area (TPSA) is 64.3 Å². The SMILES string of the molecule is COC(=O)c1cccc(NC2Cc3ccccc3C2)c1N. The highest BCUT2D eigenvalue weighted by atomic mass is 16.5. The highest BCUT2D eigenvalue weighted by Gasteiger charge is 2.22. The van der Waals surface area contributed by atoms with Crippen LogP contribution in [0.4, 0.5) is 11.4 Å². The molecule has 0 saturated heterocycles. The van der Waals surface area contributed by atoms with Gasteiger partial charge in [-0.25, -0.2) is 4.79 Å². The lowest BCUT2D eigenvalue weighted by Gasteiger charge is -2.17. The Morgan fingerprint density at radius 3 is 2.43 bits per heavy atom. The zero-order valence-corrected chi connectivity index (χ0v) is 11.9. The first-order valence-corrected chi connectivity index (χ1v) is 6.99. The van der Waals surface area contributed by atoms with Crippen molar-refractivity contribution in [3.8, 4) is 0 Å². The summed E-state index contributed by atoms with van der Waals surface area (Å²) in [5, 5.41) is 3.44. The Morgan fingerprint density at radius 2 is 1.81 bits per heavy atom. The number of methoxy groups -OCH3 is 1.